The van der Waals surface area contributed by atoms with E-state index < -0.39 is 34.5 Å². The number of imide groups is 1. The fourth-order valence-electron chi connectivity index (χ4n) is 4.31. The highest BCUT2D eigenvalue weighted by Crippen LogP contribution is 2.37. The van der Waals surface area contributed by atoms with E-state index in [1.54, 1.807) is 0 Å². The first-order chi connectivity index (χ1) is 18.4. The van der Waals surface area contributed by atoms with Gasteiger partial charge in [0.2, 0.25) is 0 Å². The van der Waals surface area contributed by atoms with Crippen molar-refractivity contribution in [2.75, 3.05) is 12.0 Å². The third kappa shape index (κ3) is 4.37. The number of esters is 1. The minimum Gasteiger partial charge on any atom is -0.496 e. The number of ether oxygens (including phenoxy) is 2. The highest BCUT2D eigenvalue weighted by atomic mass is 16.6. The highest BCUT2D eigenvalue weighted by molar-refractivity contribution is 6.35. The molecule has 5 rings (SSSR count). The molecule has 9 nitrogen and oxygen atoms in total. The van der Waals surface area contributed by atoms with E-state index in [1.165, 1.54) is 37.4 Å². The first-order valence-electron chi connectivity index (χ1n) is 11.5. The molecule has 1 aliphatic heterocycles. The fourth-order valence-corrected chi connectivity index (χ4v) is 4.31. The summed E-state index contributed by atoms with van der Waals surface area (Å²) in [6, 6.07) is 26.3. The Kier molecular flexibility index (Phi) is 6.40. The molecule has 0 bridgehead atoms. The minimum absolute atomic E-state index is 0.0272. The van der Waals surface area contributed by atoms with Crippen LogP contribution in [0.1, 0.15) is 48.3 Å². The average molecular weight is 508 g/mol. The number of nitro benzene ring substituents is 1. The van der Waals surface area contributed by atoms with Crippen LogP contribution in [0.2, 0.25) is 0 Å². The molecule has 2 amide bonds. The van der Waals surface area contributed by atoms with Gasteiger partial charge in [-0.05, 0) is 41.5 Å². The normalized spacial score (nSPS) is 12.4. The molecule has 0 unspecified atom stereocenters. The molecule has 4 aromatic carbocycles. The van der Waals surface area contributed by atoms with E-state index in [9.17, 15) is 24.5 Å². The summed E-state index contributed by atoms with van der Waals surface area (Å²) in [4.78, 5) is 51.3. The molecule has 9 heteroatoms. The molecule has 0 atom stereocenters. The molecule has 4 aromatic rings. The average Bonchev–Trinajstić information content (AvgIpc) is 3.20. The second-order valence-electron chi connectivity index (χ2n) is 8.42. The molecular formula is C29H20N2O7. The van der Waals surface area contributed by atoms with Gasteiger partial charge in [-0.3, -0.25) is 19.7 Å². The molecule has 38 heavy (non-hydrogen) atoms. The van der Waals surface area contributed by atoms with E-state index in [1.807, 2.05) is 60.7 Å². The largest absolute Gasteiger partial charge is 0.496 e. The minimum atomic E-state index is -0.782. The molecule has 188 valence electrons. The van der Waals surface area contributed by atoms with E-state index in [4.69, 9.17) is 9.47 Å². The standard InChI is InChI=1S/C29H20N2O7/c1-37-21-13-15-24(25(17-21)31(35)36)30-27(32)22-14-12-20(16-23(22)28(30)33)29(34)38-26(18-8-4-2-5-9-18)19-10-6-3-7-11-19/h2-17,26H,1H3. The van der Waals surface area contributed by atoms with Gasteiger partial charge in [-0.1, -0.05) is 60.7 Å². The summed E-state index contributed by atoms with van der Waals surface area (Å²) >= 11 is 0. The van der Waals surface area contributed by atoms with Crippen molar-refractivity contribution in [1.29, 1.82) is 0 Å². The predicted octanol–water partition coefficient (Wildman–Crippen LogP) is 5.35. The lowest BCUT2D eigenvalue weighted by molar-refractivity contribution is -0.384. The number of fused-ring (bicyclic) bond motifs is 1. The Hall–Kier alpha value is -5.31. The van der Waals surface area contributed by atoms with Gasteiger partial charge in [0.1, 0.15) is 11.4 Å². The van der Waals surface area contributed by atoms with E-state index in [0.717, 1.165) is 22.1 Å². The number of hydrogen-bond donors (Lipinski definition) is 0. The van der Waals surface area contributed by atoms with Crippen LogP contribution in [0.3, 0.4) is 0 Å². The zero-order chi connectivity index (χ0) is 26.8. The van der Waals surface area contributed by atoms with Gasteiger partial charge in [0.25, 0.3) is 17.5 Å². The molecule has 0 saturated carbocycles. The number of rotatable bonds is 7. The summed E-state index contributed by atoms with van der Waals surface area (Å²) in [6.45, 7) is 0. The number of nitro groups is 1. The lowest BCUT2D eigenvalue weighted by atomic mass is 10.0. The SMILES string of the molecule is COc1ccc(N2C(=O)c3ccc(C(=O)OC(c4ccccc4)c4ccccc4)cc3C2=O)c([N+](=O)[O-])c1. The van der Waals surface area contributed by atoms with Gasteiger partial charge in [0.05, 0.1) is 34.8 Å². The van der Waals surface area contributed by atoms with Gasteiger partial charge >= 0.3 is 5.97 Å². The van der Waals surface area contributed by atoms with Crippen LogP contribution in [0.25, 0.3) is 0 Å². The second kappa shape index (κ2) is 9.98. The highest BCUT2D eigenvalue weighted by Gasteiger charge is 2.40. The number of hydrogen-bond acceptors (Lipinski definition) is 7. The number of amides is 2. The van der Waals surface area contributed by atoms with Crippen molar-refractivity contribution >= 4 is 29.2 Å². The monoisotopic (exact) mass is 508 g/mol. The Labute approximate surface area is 217 Å². The van der Waals surface area contributed by atoms with Crippen molar-refractivity contribution in [3.8, 4) is 5.75 Å². The maximum atomic E-state index is 13.3. The Morgan fingerprint density at radius 2 is 1.42 bits per heavy atom. The summed E-state index contributed by atoms with van der Waals surface area (Å²) in [6.07, 6.45) is -0.700. The molecule has 0 aromatic heterocycles. The quantitative estimate of drug-likeness (QED) is 0.143. The van der Waals surface area contributed by atoms with E-state index in [0.29, 0.717) is 0 Å². The van der Waals surface area contributed by atoms with Crippen LogP contribution in [-0.2, 0) is 4.74 Å². The van der Waals surface area contributed by atoms with E-state index >= 15 is 0 Å². The predicted molar refractivity (Wildman–Crippen MR) is 137 cm³/mol. The van der Waals surface area contributed by atoms with Crippen LogP contribution in [-0.4, -0.2) is 29.8 Å². The number of carbonyl (C=O) groups excluding carboxylic acids is 3. The van der Waals surface area contributed by atoms with Gasteiger partial charge in [0.15, 0.2) is 6.10 Å². The van der Waals surface area contributed by atoms with Crippen LogP contribution in [0.4, 0.5) is 11.4 Å². The third-order valence-corrected chi connectivity index (χ3v) is 6.17. The van der Waals surface area contributed by atoms with E-state index in [2.05, 4.69) is 0 Å². The zero-order valence-electron chi connectivity index (χ0n) is 20.1. The van der Waals surface area contributed by atoms with Crippen molar-refractivity contribution < 1.29 is 28.8 Å². The summed E-state index contributed by atoms with van der Waals surface area (Å²) in [5.74, 6) is -2.01. The Morgan fingerprint density at radius 3 is 2.00 bits per heavy atom. The third-order valence-electron chi connectivity index (χ3n) is 6.17. The van der Waals surface area contributed by atoms with Gasteiger partial charge in [-0.2, -0.15) is 0 Å². The summed E-state index contributed by atoms with van der Waals surface area (Å²) < 4.78 is 10.9. The van der Waals surface area contributed by atoms with Crippen molar-refractivity contribution in [3.63, 3.8) is 0 Å². The molecular weight excluding hydrogens is 488 g/mol. The molecule has 0 N–H and O–H groups in total. The number of carbonyl (C=O) groups is 3. The van der Waals surface area contributed by atoms with Crippen molar-refractivity contribution in [1.82, 2.24) is 0 Å². The maximum absolute atomic E-state index is 13.3. The fraction of sp³-hybridized carbons (Fsp3) is 0.0690. The van der Waals surface area contributed by atoms with Crippen molar-refractivity contribution in [2.24, 2.45) is 0 Å². The van der Waals surface area contributed by atoms with Crippen molar-refractivity contribution in [2.45, 2.75) is 6.10 Å². The maximum Gasteiger partial charge on any atom is 0.339 e. The van der Waals surface area contributed by atoms with Crippen LogP contribution >= 0.6 is 0 Å². The van der Waals surface area contributed by atoms with Crippen LogP contribution in [0.15, 0.2) is 97.1 Å². The first kappa shape index (κ1) is 24.4. The zero-order valence-corrected chi connectivity index (χ0v) is 20.1. The molecule has 0 radical (unpaired) electrons. The number of benzene rings is 4. The first-order valence-corrected chi connectivity index (χ1v) is 11.5. The van der Waals surface area contributed by atoms with E-state index in [-0.39, 0.29) is 28.1 Å². The van der Waals surface area contributed by atoms with Gasteiger partial charge in [0, 0.05) is 0 Å². The Bertz CT molecular complexity index is 1530. The summed E-state index contributed by atoms with van der Waals surface area (Å²) in [5.41, 5.74) is 0.902. The number of nitrogens with zero attached hydrogens (tertiary/aromatic N) is 2. The lowest BCUT2D eigenvalue weighted by Gasteiger charge is -2.19. The lowest BCUT2D eigenvalue weighted by Crippen LogP contribution is -2.30. The van der Waals surface area contributed by atoms with Crippen LogP contribution in [0, 0.1) is 10.1 Å². The summed E-state index contributed by atoms with van der Waals surface area (Å²) in [5, 5.41) is 11.7. The Morgan fingerprint density at radius 1 is 0.816 bits per heavy atom. The summed E-state index contributed by atoms with van der Waals surface area (Å²) in [7, 11) is 1.35. The second-order valence-corrected chi connectivity index (χ2v) is 8.42. The van der Waals surface area contributed by atoms with Gasteiger partial charge in [-0.15, -0.1) is 0 Å². The molecule has 0 aliphatic carbocycles. The number of anilines is 1. The van der Waals surface area contributed by atoms with Crippen molar-refractivity contribution in [3.05, 3.63) is 135 Å². The van der Waals surface area contributed by atoms with Gasteiger partial charge < -0.3 is 9.47 Å². The number of methoxy groups -OCH3 is 1. The molecule has 0 fully saturated rings. The van der Waals surface area contributed by atoms with Gasteiger partial charge in [-0.25, -0.2) is 9.69 Å². The van der Waals surface area contributed by atoms with Crippen LogP contribution < -0.4 is 9.64 Å². The molecule has 1 heterocycles. The molecule has 0 spiro atoms. The topological polar surface area (TPSA) is 116 Å². The molecule has 1 aliphatic rings. The van der Waals surface area contributed by atoms with Crippen LogP contribution in [0.5, 0.6) is 5.75 Å². The molecule has 0 saturated heterocycles. The smallest absolute Gasteiger partial charge is 0.339 e. The Balaban J connectivity index is 1.47.